The maximum absolute atomic E-state index is 12.2. The second-order valence-corrected chi connectivity index (χ2v) is 6.40. The van der Waals surface area contributed by atoms with Crippen LogP contribution in [0.2, 0.25) is 0 Å². The number of carbonyl (C=O) groups excluding carboxylic acids is 2. The van der Waals surface area contributed by atoms with E-state index in [0.717, 1.165) is 19.3 Å². The summed E-state index contributed by atoms with van der Waals surface area (Å²) in [5.74, 6) is 0.464. The van der Waals surface area contributed by atoms with E-state index in [2.05, 4.69) is 5.32 Å². The molecule has 0 radical (unpaired) electrons. The fourth-order valence-electron chi connectivity index (χ4n) is 3.98. The zero-order valence-corrected chi connectivity index (χ0v) is 13.5. The predicted molar refractivity (Wildman–Crippen MR) is 84.9 cm³/mol. The number of ether oxygens (including phenoxy) is 2. The van der Waals surface area contributed by atoms with Gasteiger partial charge in [-0.25, -0.2) is 0 Å². The molecule has 1 N–H and O–H groups in total. The lowest BCUT2D eigenvalue weighted by Crippen LogP contribution is -2.48. The Bertz CT molecular complexity index is 665. The highest BCUT2D eigenvalue weighted by atomic mass is 16.5. The van der Waals surface area contributed by atoms with Gasteiger partial charge >= 0.3 is 5.97 Å². The molecule has 3 rings (SSSR count). The number of amides is 1. The molecule has 2 bridgehead atoms. The summed E-state index contributed by atoms with van der Waals surface area (Å²) in [5.41, 5.74) is 0.537. The number of benzene rings is 1. The molecule has 2 aliphatic carbocycles. The number of nitrogens with one attached hydrogen (secondary N) is 1. The molecule has 0 aromatic heterocycles. The summed E-state index contributed by atoms with van der Waals surface area (Å²) in [6, 6.07) is 8.44. The van der Waals surface area contributed by atoms with Gasteiger partial charge in [0.1, 0.15) is 5.75 Å². The van der Waals surface area contributed by atoms with Gasteiger partial charge in [0.15, 0.2) is 6.61 Å². The van der Waals surface area contributed by atoms with E-state index in [1.54, 1.807) is 24.3 Å². The molecule has 1 aromatic carbocycles. The predicted octanol–water partition coefficient (Wildman–Crippen LogP) is 1.64. The van der Waals surface area contributed by atoms with E-state index in [4.69, 9.17) is 14.7 Å². The first-order chi connectivity index (χ1) is 11.6. The molecule has 1 amide bonds. The first kappa shape index (κ1) is 16.3. The van der Waals surface area contributed by atoms with Gasteiger partial charge in [0.25, 0.3) is 5.91 Å². The monoisotopic (exact) mass is 328 g/mol. The molecule has 6 heteroatoms. The molecule has 6 nitrogen and oxygen atoms in total. The van der Waals surface area contributed by atoms with Crippen molar-refractivity contribution in [1.82, 2.24) is 5.32 Å². The topological polar surface area (TPSA) is 88.4 Å². The molecular formula is C18H20N2O4. The van der Waals surface area contributed by atoms with Crippen LogP contribution in [0.4, 0.5) is 0 Å². The highest BCUT2D eigenvalue weighted by Gasteiger charge is 2.51. The Labute approximate surface area is 140 Å². The van der Waals surface area contributed by atoms with E-state index in [9.17, 15) is 9.59 Å². The van der Waals surface area contributed by atoms with Crippen LogP contribution in [0, 0.1) is 29.1 Å². The van der Waals surface area contributed by atoms with Crippen LogP contribution < -0.4 is 10.1 Å². The fourth-order valence-corrected chi connectivity index (χ4v) is 3.98. The van der Waals surface area contributed by atoms with Crippen molar-refractivity contribution in [2.24, 2.45) is 17.8 Å². The second kappa shape index (κ2) is 6.91. The average molecular weight is 328 g/mol. The summed E-state index contributed by atoms with van der Waals surface area (Å²) in [7, 11) is 1.39. The van der Waals surface area contributed by atoms with Gasteiger partial charge in [-0.15, -0.1) is 0 Å². The van der Waals surface area contributed by atoms with Gasteiger partial charge in [-0.3, -0.25) is 9.59 Å². The number of methoxy groups -OCH3 is 1. The number of nitriles is 1. The van der Waals surface area contributed by atoms with Crippen molar-refractivity contribution in [3.05, 3.63) is 29.8 Å². The summed E-state index contributed by atoms with van der Waals surface area (Å²) >= 11 is 0. The Balaban J connectivity index is 1.56. The summed E-state index contributed by atoms with van der Waals surface area (Å²) in [6.07, 6.45) is 3.04. The second-order valence-electron chi connectivity index (χ2n) is 6.40. The van der Waals surface area contributed by atoms with Crippen molar-refractivity contribution in [3.63, 3.8) is 0 Å². The molecule has 0 unspecified atom stereocenters. The van der Waals surface area contributed by atoms with E-state index in [1.165, 1.54) is 7.11 Å². The number of esters is 1. The quantitative estimate of drug-likeness (QED) is 0.830. The smallest absolute Gasteiger partial charge is 0.311 e. The Morgan fingerprint density at radius 2 is 1.96 bits per heavy atom. The summed E-state index contributed by atoms with van der Waals surface area (Å²) in [6.45, 7) is -0.117. The van der Waals surface area contributed by atoms with Crippen LogP contribution in [0.5, 0.6) is 5.75 Å². The number of carbonyl (C=O) groups is 2. The molecule has 4 atom stereocenters. The minimum absolute atomic E-state index is 0.117. The summed E-state index contributed by atoms with van der Waals surface area (Å²) in [4.78, 5) is 24.2. The van der Waals surface area contributed by atoms with Crippen LogP contribution >= 0.6 is 0 Å². The average Bonchev–Trinajstić information content (AvgIpc) is 3.21. The van der Waals surface area contributed by atoms with Gasteiger partial charge in [-0.2, -0.15) is 5.26 Å². The van der Waals surface area contributed by atoms with Crippen molar-refractivity contribution in [1.29, 1.82) is 5.26 Å². The van der Waals surface area contributed by atoms with E-state index in [-0.39, 0.29) is 30.4 Å². The minimum atomic E-state index is -0.245. The molecule has 2 fully saturated rings. The minimum Gasteiger partial charge on any atom is -0.484 e. The number of hydrogen-bond acceptors (Lipinski definition) is 5. The molecule has 0 aliphatic heterocycles. The molecule has 2 aliphatic rings. The van der Waals surface area contributed by atoms with Crippen molar-refractivity contribution >= 4 is 11.9 Å². The normalized spacial score (nSPS) is 27.3. The molecule has 0 saturated heterocycles. The Morgan fingerprint density at radius 3 is 2.62 bits per heavy atom. The van der Waals surface area contributed by atoms with E-state index >= 15 is 0 Å². The highest BCUT2D eigenvalue weighted by molar-refractivity contribution is 5.80. The number of nitrogens with zero attached hydrogens (tertiary/aromatic N) is 1. The van der Waals surface area contributed by atoms with Crippen LogP contribution in [-0.2, 0) is 14.3 Å². The Morgan fingerprint density at radius 1 is 1.25 bits per heavy atom. The van der Waals surface area contributed by atoms with Gasteiger partial charge in [-0.05, 0) is 55.4 Å². The van der Waals surface area contributed by atoms with Crippen LogP contribution in [0.3, 0.4) is 0 Å². The first-order valence-corrected chi connectivity index (χ1v) is 8.12. The highest BCUT2D eigenvalue weighted by Crippen LogP contribution is 2.48. The maximum Gasteiger partial charge on any atom is 0.311 e. The van der Waals surface area contributed by atoms with E-state index in [0.29, 0.717) is 23.1 Å². The van der Waals surface area contributed by atoms with Crippen LogP contribution in [-0.4, -0.2) is 31.6 Å². The molecule has 24 heavy (non-hydrogen) atoms. The molecule has 0 heterocycles. The summed E-state index contributed by atoms with van der Waals surface area (Å²) < 4.78 is 10.3. The molecule has 0 spiro atoms. The third-order valence-corrected chi connectivity index (χ3v) is 5.07. The lowest BCUT2D eigenvalue weighted by atomic mass is 9.84. The van der Waals surface area contributed by atoms with Gasteiger partial charge in [0.2, 0.25) is 0 Å². The van der Waals surface area contributed by atoms with Gasteiger partial charge in [0.05, 0.1) is 24.7 Å². The van der Waals surface area contributed by atoms with Crippen LogP contribution in [0.25, 0.3) is 0 Å². The van der Waals surface area contributed by atoms with Gasteiger partial charge in [0, 0.05) is 6.04 Å². The van der Waals surface area contributed by atoms with Crippen LogP contribution in [0.1, 0.15) is 24.8 Å². The molecule has 1 aromatic rings. The van der Waals surface area contributed by atoms with Crippen molar-refractivity contribution in [2.75, 3.05) is 13.7 Å². The van der Waals surface area contributed by atoms with E-state index in [1.807, 2.05) is 6.07 Å². The van der Waals surface area contributed by atoms with Crippen molar-refractivity contribution in [2.45, 2.75) is 25.3 Å². The molecular weight excluding hydrogens is 308 g/mol. The third kappa shape index (κ3) is 3.21. The molecule has 126 valence electrons. The first-order valence-electron chi connectivity index (χ1n) is 8.12. The lowest BCUT2D eigenvalue weighted by molar-refractivity contribution is -0.148. The van der Waals surface area contributed by atoms with Crippen molar-refractivity contribution < 1.29 is 19.1 Å². The zero-order valence-electron chi connectivity index (χ0n) is 13.5. The van der Waals surface area contributed by atoms with Crippen LogP contribution in [0.15, 0.2) is 24.3 Å². The zero-order chi connectivity index (χ0) is 17.1. The Kier molecular flexibility index (Phi) is 4.70. The largest absolute Gasteiger partial charge is 0.484 e. The fraction of sp³-hybridized carbons (Fsp3) is 0.500. The standard InChI is InChI=1S/C18H20N2O4/c1-23-18(22)16-12-4-5-13(8-12)17(16)20-15(21)10-24-14-6-2-11(9-19)3-7-14/h2-3,6-7,12-13,16-17H,4-5,8,10H2,1H3,(H,20,21)/t12-,13-,16+,17+/m0/s1. The Hall–Kier alpha value is -2.55. The SMILES string of the molecule is COC(=O)[C@@H]1[C@H]2CC[C@@H](C2)[C@H]1NC(=O)COc1ccc(C#N)cc1. The van der Waals surface area contributed by atoms with Crippen molar-refractivity contribution in [3.8, 4) is 11.8 Å². The van der Waals surface area contributed by atoms with E-state index < -0.39 is 0 Å². The van der Waals surface area contributed by atoms with Gasteiger partial charge < -0.3 is 14.8 Å². The number of hydrogen-bond donors (Lipinski definition) is 1. The lowest BCUT2D eigenvalue weighted by Gasteiger charge is -2.29. The van der Waals surface area contributed by atoms with Gasteiger partial charge in [-0.1, -0.05) is 0 Å². The maximum atomic E-state index is 12.2. The number of rotatable bonds is 5. The number of fused-ring (bicyclic) bond motifs is 2. The third-order valence-electron chi connectivity index (χ3n) is 5.07. The summed E-state index contributed by atoms with van der Waals surface area (Å²) in [5, 5.41) is 11.7. The molecule has 2 saturated carbocycles.